The highest BCUT2D eigenvalue weighted by molar-refractivity contribution is 7.92. The summed E-state index contributed by atoms with van der Waals surface area (Å²) in [5.74, 6) is -0.476. The quantitative estimate of drug-likeness (QED) is 0.450. The monoisotopic (exact) mass is 452 g/mol. The summed E-state index contributed by atoms with van der Waals surface area (Å²) in [5.41, 5.74) is 2.82. The van der Waals surface area contributed by atoms with Crippen molar-refractivity contribution in [3.05, 3.63) is 83.4 Å². The molecule has 0 heterocycles. The molecule has 0 spiro atoms. The van der Waals surface area contributed by atoms with Crippen molar-refractivity contribution in [1.29, 1.82) is 0 Å². The van der Waals surface area contributed by atoms with E-state index in [0.717, 1.165) is 5.56 Å². The van der Waals surface area contributed by atoms with Crippen molar-refractivity contribution in [2.75, 3.05) is 22.4 Å². The number of benzene rings is 3. The van der Waals surface area contributed by atoms with Gasteiger partial charge in [0.25, 0.3) is 15.9 Å². The van der Waals surface area contributed by atoms with E-state index in [9.17, 15) is 18.0 Å². The van der Waals surface area contributed by atoms with E-state index < -0.39 is 15.9 Å². The topological polar surface area (TPSA) is 116 Å². The van der Waals surface area contributed by atoms with E-state index in [1.807, 2.05) is 13.0 Å². The largest absolute Gasteiger partial charge is 0.341 e. The maximum Gasteiger partial charge on any atom is 0.318 e. The standard InChI is InChI=1S/C23H24N4O4S/c1-15-8-9-16(2)21(14-15)32(30,31)27-20-7-5-4-6-19(20)22(28)25-17-10-12-18(13-11-17)26-23(29)24-3/h4-14,27H,1-3H3,(H,25,28)(H2,24,26,29). The van der Waals surface area contributed by atoms with Crippen molar-refractivity contribution in [3.8, 4) is 0 Å². The average Bonchev–Trinajstić information content (AvgIpc) is 2.76. The molecule has 0 aliphatic heterocycles. The summed E-state index contributed by atoms with van der Waals surface area (Å²) in [4.78, 5) is 24.4. The summed E-state index contributed by atoms with van der Waals surface area (Å²) in [5, 5.41) is 7.81. The second-order valence-corrected chi connectivity index (χ2v) is 8.81. The van der Waals surface area contributed by atoms with Gasteiger partial charge in [-0.1, -0.05) is 24.3 Å². The zero-order valence-corrected chi connectivity index (χ0v) is 18.7. The SMILES string of the molecule is CNC(=O)Nc1ccc(NC(=O)c2ccccc2NS(=O)(=O)c2cc(C)ccc2C)cc1. The number of hydrogen-bond acceptors (Lipinski definition) is 4. The first kappa shape index (κ1) is 22.8. The first-order valence-electron chi connectivity index (χ1n) is 9.79. The van der Waals surface area contributed by atoms with Gasteiger partial charge >= 0.3 is 6.03 Å². The lowest BCUT2D eigenvalue weighted by Crippen LogP contribution is -2.24. The third kappa shape index (κ3) is 5.44. The summed E-state index contributed by atoms with van der Waals surface area (Å²) in [6.07, 6.45) is 0. The Morgan fingerprint density at radius 1 is 0.812 bits per heavy atom. The van der Waals surface area contributed by atoms with Crippen molar-refractivity contribution in [2.24, 2.45) is 0 Å². The first-order chi connectivity index (χ1) is 15.2. The lowest BCUT2D eigenvalue weighted by Gasteiger charge is -2.14. The molecule has 8 nitrogen and oxygen atoms in total. The smallest absolute Gasteiger partial charge is 0.318 e. The zero-order valence-electron chi connectivity index (χ0n) is 17.9. The number of anilines is 3. The van der Waals surface area contributed by atoms with Gasteiger partial charge in [0.05, 0.1) is 16.1 Å². The number of nitrogens with one attached hydrogen (secondary N) is 4. The number of para-hydroxylation sites is 1. The molecule has 0 aliphatic carbocycles. The van der Waals surface area contributed by atoms with Crippen LogP contribution >= 0.6 is 0 Å². The molecule has 0 bridgehead atoms. The molecule has 0 atom stereocenters. The molecule has 0 aromatic heterocycles. The molecule has 0 saturated carbocycles. The van der Waals surface area contributed by atoms with Gasteiger partial charge in [-0.05, 0) is 67.4 Å². The zero-order chi connectivity index (χ0) is 23.3. The molecule has 0 aliphatic rings. The Morgan fingerprint density at radius 3 is 2.09 bits per heavy atom. The Labute approximate surface area is 187 Å². The van der Waals surface area contributed by atoms with Gasteiger partial charge in [0.1, 0.15) is 0 Å². The fourth-order valence-corrected chi connectivity index (χ4v) is 4.41. The second-order valence-electron chi connectivity index (χ2n) is 7.16. The second kappa shape index (κ2) is 9.52. The number of carbonyl (C=O) groups is 2. The maximum absolute atomic E-state index is 13.0. The van der Waals surface area contributed by atoms with E-state index in [0.29, 0.717) is 16.9 Å². The molecular formula is C23H24N4O4S. The third-order valence-electron chi connectivity index (χ3n) is 4.68. The van der Waals surface area contributed by atoms with Gasteiger partial charge < -0.3 is 16.0 Å². The molecule has 4 N–H and O–H groups in total. The number of hydrogen-bond donors (Lipinski definition) is 4. The van der Waals surface area contributed by atoms with Crippen molar-refractivity contribution in [3.63, 3.8) is 0 Å². The van der Waals surface area contributed by atoms with Crippen LogP contribution in [0.3, 0.4) is 0 Å². The molecule has 3 aromatic carbocycles. The van der Waals surface area contributed by atoms with Crippen molar-refractivity contribution >= 4 is 39.0 Å². The van der Waals surface area contributed by atoms with Gasteiger partial charge in [-0.2, -0.15) is 0 Å². The molecule has 0 unspecified atom stereocenters. The fourth-order valence-electron chi connectivity index (χ4n) is 3.00. The first-order valence-corrected chi connectivity index (χ1v) is 11.3. The van der Waals surface area contributed by atoms with Crippen molar-refractivity contribution < 1.29 is 18.0 Å². The van der Waals surface area contributed by atoms with Crippen molar-refractivity contribution in [1.82, 2.24) is 5.32 Å². The summed E-state index contributed by atoms with van der Waals surface area (Å²) in [6, 6.07) is 17.7. The van der Waals surface area contributed by atoms with Crippen LogP contribution in [-0.2, 0) is 10.0 Å². The van der Waals surface area contributed by atoms with Crippen LogP contribution < -0.4 is 20.7 Å². The summed E-state index contributed by atoms with van der Waals surface area (Å²) in [6.45, 7) is 3.53. The minimum Gasteiger partial charge on any atom is -0.341 e. The molecule has 9 heteroatoms. The molecule has 0 radical (unpaired) electrons. The molecule has 0 fully saturated rings. The number of amides is 3. The van der Waals surface area contributed by atoms with Gasteiger partial charge in [-0.25, -0.2) is 13.2 Å². The lowest BCUT2D eigenvalue weighted by atomic mass is 10.1. The highest BCUT2D eigenvalue weighted by atomic mass is 32.2. The van der Waals surface area contributed by atoms with Crippen LogP contribution in [0, 0.1) is 13.8 Å². The molecule has 166 valence electrons. The van der Waals surface area contributed by atoms with Gasteiger partial charge in [0.15, 0.2) is 0 Å². The molecule has 3 rings (SSSR count). The minimum absolute atomic E-state index is 0.159. The fraction of sp³-hybridized carbons (Fsp3) is 0.130. The van der Waals surface area contributed by atoms with Gasteiger partial charge in [0.2, 0.25) is 0 Å². The van der Waals surface area contributed by atoms with E-state index in [1.54, 1.807) is 55.5 Å². The van der Waals surface area contributed by atoms with Gasteiger partial charge in [-0.3, -0.25) is 9.52 Å². The van der Waals surface area contributed by atoms with Gasteiger partial charge in [-0.15, -0.1) is 0 Å². The van der Waals surface area contributed by atoms with Crippen LogP contribution in [-0.4, -0.2) is 27.4 Å². The van der Waals surface area contributed by atoms with E-state index in [4.69, 9.17) is 0 Å². The third-order valence-corrected chi connectivity index (χ3v) is 6.18. The minimum atomic E-state index is -3.89. The predicted octanol–water partition coefficient (Wildman–Crippen LogP) is 4.11. The summed E-state index contributed by atoms with van der Waals surface area (Å²) in [7, 11) is -2.38. The summed E-state index contributed by atoms with van der Waals surface area (Å²) < 4.78 is 28.5. The van der Waals surface area contributed by atoms with Crippen LogP contribution in [0.25, 0.3) is 0 Å². The lowest BCUT2D eigenvalue weighted by molar-refractivity contribution is 0.102. The van der Waals surface area contributed by atoms with Crippen LogP contribution in [0.15, 0.2) is 71.6 Å². The Hall–Kier alpha value is -3.85. The highest BCUT2D eigenvalue weighted by Crippen LogP contribution is 2.24. The van der Waals surface area contributed by atoms with E-state index in [1.165, 1.54) is 19.2 Å². The maximum atomic E-state index is 13.0. The number of carbonyl (C=O) groups excluding carboxylic acids is 2. The van der Waals surface area contributed by atoms with Crippen LogP contribution in [0.2, 0.25) is 0 Å². The highest BCUT2D eigenvalue weighted by Gasteiger charge is 2.20. The molecule has 0 saturated heterocycles. The Bertz CT molecular complexity index is 1260. The normalized spacial score (nSPS) is 10.8. The Morgan fingerprint density at radius 2 is 1.44 bits per heavy atom. The number of aryl methyl sites for hydroxylation is 2. The van der Waals surface area contributed by atoms with Crippen molar-refractivity contribution in [2.45, 2.75) is 18.7 Å². The molecule has 32 heavy (non-hydrogen) atoms. The van der Waals surface area contributed by atoms with E-state index >= 15 is 0 Å². The van der Waals surface area contributed by atoms with E-state index in [-0.39, 0.29) is 22.2 Å². The van der Waals surface area contributed by atoms with Gasteiger partial charge in [0, 0.05) is 18.4 Å². The van der Waals surface area contributed by atoms with Crippen LogP contribution in [0.1, 0.15) is 21.5 Å². The predicted molar refractivity (Wildman–Crippen MR) is 126 cm³/mol. The molecular weight excluding hydrogens is 428 g/mol. The van der Waals surface area contributed by atoms with Crippen LogP contribution in [0.4, 0.5) is 21.9 Å². The van der Waals surface area contributed by atoms with E-state index in [2.05, 4.69) is 20.7 Å². The summed E-state index contributed by atoms with van der Waals surface area (Å²) >= 11 is 0. The van der Waals surface area contributed by atoms with Crippen LogP contribution in [0.5, 0.6) is 0 Å². The molecule has 3 amide bonds. The Balaban J connectivity index is 1.81. The average molecular weight is 453 g/mol. The Kier molecular flexibility index (Phi) is 6.79. The number of sulfonamides is 1. The number of rotatable bonds is 6. The number of urea groups is 1. The molecule has 3 aromatic rings.